The molecule has 0 bridgehead atoms. The molecule has 2 heterocycles. The second kappa shape index (κ2) is 4.16. The maximum absolute atomic E-state index is 5.52. The number of hydrogen-bond acceptors (Lipinski definition) is 4. The zero-order valence-electron chi connectivity index (χ0n) is 7.27. The van der Waals surface area contributed by atoms with Gasteiger partial charge in [0.05, 0.1) is 4.88 Å². The number of thiazole rings is 1. The van der Waals surface area contributed by atoms with Crippen molar-refractivity contribution < 1.29 is 0 Å². The standard InChI is InChI=1S/C9H8BrN3S/c10-9-8(14-7(4-11)13-9)6-2-1-3-12-5-6/h1-3,5H,4,11H2. The minimum atomic E-state index is 0.476. The molecule has 72 valence electrons. The predicted molar refractivity (Wildman–Crippen MR) is 60.9 cm³/mol. The second-order valence-electron chi connectivity index (χ2n) is 2.67. The van der Waals surface area contributed by atoms with Gasteiger partial charge in [-0.15, -0.1) is 11.3 Å². The van der Waals surface area contributed by atoms with Gasteiger partial charge in [-0.25, -0.2) is 4.98 Å². The lowest BCUT2D eigenvalue weighted by molar-refractivity contribution is 1.03. The highest BCUT2D eigenvalue weighted by Gasteiger charge is 2.09. The molecular formula is C9H8BrN3S. The maximum Gasteiger partial charge on any atom is 0.125 e. The number of pyridine rings is 1. The van der Waals surface area contributed by atoms with Crippen molar-refractivity contribution in [2.24, 2.45) is 5.73 Å². The number of halogens is 1. The highest BCUT2D eigenvalue weighted by molar-refractivity contribution is 9.10. The molecule has 0 saturated carbocycles. The first kappa shape index (κ1) is 9.76. The SMILES string of the molecule is NCc1nc(Br)c(-c2cccnc2)s1. The van der Waals surface area contributed by atoms with Crippen molar-refractivity contribution in [2.75, 3.05) is 0 Å². The minimum absolute atomic E-state index is 0.476. The van der Waals surface area contributed by atoms with Crippen LogP contribution in [0.15, 0.2) is 29.1 Å². The fourth-order valence-electron chi connectivity index (χ4n) is 1.11. The third-order valence-corrected chi connectivity index (χ3v) is 3.69. The van der Waals surface area contributed by atoms with Crippen molar-refractivity contribution in [3.63, 3.8) is 0 Å². The lowest BCUT2D eigenvalue weighted by Gasteiger charge is -1.94. The minimum Gasteiger partial charge on any atom is -0.325 e. The monoisotopic (exact) mass is 269 g/mol. The van der Waals surface area contributed by atoms with E-state index in [0.717, 1.165) is 20.1 Å². The van der Waals surface area contributed by atoms with Gasteiger partial charge in [-0.3, -0.25) is 4.98 Å². The van der Waals surface area contributed by atoms with Gasteiger partial charge in [0.1, 0.15) is 9.61 Å². The van der Waals surface area contributed by atoms with Crippen LogP contribution in [0.25, 0.3) is 10.4 Å². The van der Waals surface area contributed by atoms with Crippen LogP contribution >= 0.6 is 27.3 Å². The van der Waals surface area contributed by atoms with E-state index >= 15 is 0 Å². The van der Waals surface area contributed by atoms with Gasteiger partial charge < -0.3 is 5.73 Å². The van der Waals surface area contributed by atoms with Gasteiger partial charge in [0.15, 0.2) is 0 Å². The number of nitrogens with two attached hydrogens (primary N) is 1. The summed E-state index contributed by atoms with van der Waals surface area (Å²) in [6.45, 7) is 0.476. The van der Waals surface area contributed by atoms with Crippen LogP contribution < -0.4 is 5.73 Å². The maximum atomic E-state index is 5.52. The van der Waals surface area contributed by atoms with Crippen molar-refractivity contribution in [1.82, 2.24) is 9.97 Å². The van der Waals surface area contributed by atoms with E-state index in [1.807, 2.05) is 18.3 Å². The molecule has 0 saturated heterocycles. The zero-order valence-corrected chi connectivity index (χ0v) is 9.68. The van der Waals surface area contributed by atoms with Gasteiger partial charge in [0.2, 0.25) is 0 Å². The summed E-state index contributed by atoms with van der Waals surface area (Å²) in [5.74, 6) is 0. The van der Waals surface area contributed by atoms with Crippen molar-refractivity contribution in [3.05, 3.63) is 34.1 Å². The summed E-state index contributed by atoms with van der Waals surface area (Å²) in [4.78, 5) is 9.43. The largest absolute Gasteiger partial charge is 0.325 e. The quantitative estimate of drug-likeness (QED) is 0.911. The Morgan fingerprint density at radius 3 is 2.93 bits per heavy atom. The molecule has 5 heteroatoms. The average molecular weight is 270 g/mol. The first-order valence-electron chi connectivity index (χ1n) is 4.07. The molecule has 0 amide bonds. The molecule has 0 fully saturated rings. The Labute approximate surface area is 94.1 Å². The lowest BCUT2D eigenvalue weighted by Crippen LogP contribution is -1.93. The van der Waals surface area contributed by atoms with Gasteiger partial charge in [0.25, 0.3) is 0 Å². The van der Waals surface area contributed by atoms with E-state index in [0.29, 0.717) is 6.54 Å². The molecule has 3 nitrogen and oxygen atoms in total. The van der Waals surface area contributed by atoms with Crippen LogP contribution in [0, 0.1) is 0 Å². The van der Waals surface area contributed by atoms with Gasteiger partial charge in [-0.05, 0) is 22.0 Å². The number of rotatable bonds is 2. The number of nitrogens with zero attached hydrogens (tertiary/aromatic N) is 2. The topological polar surface area (TPSA) is 51.8 Å². The Bertz CT molecular complexity index is 427. The predicted octanol–water partition coefficient (Wildman–Crippen LogP) is 2.43. The molecule has 0 atom stereocenters. The summed E-state index contributed by atoms with van der Waals surface area (Å²) < 4.78 is 0.843. The highest BCUT2D eigenvalue weighted by atomic mass is 79.9. The van der Waals surface area contributed by atoms with E-state index in [1.165, 1.54) is 0 Å². The molecule has 2 aromatic rings. The van der Waals surface area contributed by atoms with Gasteiger partial charge in [-0.1, -0.05) is 6.07 Å². The summed E-state index contributed by atoms with van der Waals surface area (Å²) in [7, 11) is 0. The number of aromatic nitrogens is 2. The zero-order chi connectivity index (χ0) is 9.97. The summed E-state index contributed by atoms with van der Waals surface area (Å²) >= 11 is 5.00. The Kier molecular flexibility index (Phi) is 2.90. The van der Waals surface area contributed by atoms with E-state index < -0.39 is 0 Å². The van der Waals surface area contributed by atoms with Crippen molar-refractivity contribution in [2.45, 2.75) is 6.54 Å². The Morgan fingerprint density at radius 2 is 2.36 bits per heavy atom. The summed E-state index contributed by atoms with van der Waals surface area (Å²) in [5, 5.41) is 0.927. The molecule has 14 heavy (non-hydrogen) atoms. The van der Waals surface area contributed by atoms with Gasteiger partial charge >= 0.3 is 0 Å². The fourth-order valence-corrected chi connectivity index (χ4v) is 2.73. The van der Waals surface area contributed by atoms with Crippen LogP contribution in [0.2, 0.25) is 0 Å². The fraction of sp³-hybridized carbons (Fsp3) is 0.111. The molecule has 0 aliphatic heterocycles. The summed E-state index contributed by atoms with van der Waals surface area (Å²) in [6.07, 6.45) is 3.57. The Morgan fingerprint density at radius 1 is 1.50 bits per heavy atom. The van der Waals surface area contributed by atoms with Crippen LogP contribution in [-0.2, 0) is 6.54 Å². The summed E-state index contributed by atoms with van der Waals surface area (Å²) in [6, 6.07) is 3.91. The van der Waals surface area contributed by atoms with Crippen molar-refractivity contribution >= 4 is 27.3 Å². The van der Waals surface area contributed by atoms with E-state index in [-0.39, 0.29) is 0 Å². The Hall–Kier alpha value is -0.780. The molecule has 0 aromatic carbocycles. The van der Waals surface area contributed by atoms with E-state index in [9.17, 15) is 0 Å². The average Bonchev–Trinajstić information content (AvgIpc) is 2.61. The molecule has 2 rings (SSSR count). The van der Waals surface area contributed by atoms with E-state index in [1.54, 1.807) is 17.5 Å². The molecule has 0 aliphatic rings. The van der Waals surface area contributed by atoms with Crippen LogP contribution in [-0.4, -0.2) is 9.97 Å². The first-order valence-corrected chi connectivity index (χ1v) is 5.68. The lowest BCUT2D eigenvalue weighted by atomic mass is 10.3. The van der Waals surface area contributed by atoms with Crippen LogP contribution in [0.3, 0.4) is 0 Å². The van der Waals surface area contributed by atoms with Gasteiger partial charge in [0, 0.05) is 24.5 Å². The smallest absolute Gasteiger partial charge is 0.125 e. The van der Waals surface area contributed by atoms with E-state index in [2.05, 4.69) is 25.9 Å². The van der Waals surface area contributed by atoms with E-state index in [4.69, 9.17) is 5.73 Å². The molecule has 2 aromatic heterocycles. The third kappa shape index (κ3) is 1.84. The van der Waals surface area contributed by atoms with Crippen LogP contribution in [0.5, 0.6) is 0 Å². The molecule has 2 N–H and O–H groups in total. The van der Waals surface area contributed by atoms with Crippen LogP contribution in [0.4, 0.5) is 0 Å². The molecule has 0 spiro atoms. The van der Waals surface area contributed by atoms with Crippen LogP contribution in [0.1, 0.15) is 5.01 Å². The third-order valence-electron chi connectivity index (χ3n) is 1.73. The molecule has 0 aliphatic carbocycles. The molecule has 0 unspecified atom stereocenters. The molecule has 0 radical (unpaired) electrons. The highest BCUT2D eigenvalue weighted by Crippen LogP contribution is 2.32. The van der Waals surface area contributed by atoms with Gasteiger partial charge in [-0.2, -0.15) is 0 Å². The van der Waals surface area contributed by atoms with Crippen molar-refractivity contribution in [1.29, 1.82) is 0 Å². The Balaban J connectivity index is 2.46. The number of hydrogen-bond donors (Lipinski definition) is 1. The molecular weight excluding hydrogens is 262 g/mol. The second-order valence-corrected chi connectivity index (χ2v) is 4.51. The first-order chi connectivity index (χ1) is 6.81. The normalized spacial score (nSPS) is 10.4. The van der Waals surface area contributed by atoms with Crippen molar-refractivity contribution in [3.8, 4) is 10.4 Å². The summed E-state index contributed by atoms with van der Waals surface area (Å²) in [5.41, 5.74) is 6.59.